The molecule has 0 aliphatic carbocycles. The number of aromatic nitrogens is 1. The predicted molar refractivity (Wildman–Crippen MR) is 113 cm³/mol. The molecule has 2 rings (SSSR count). The van der Waals surface area contributed by atoms with Crippen molar-refractivity contribution in [3.05, 3.63) is 70.4 Å². The minimum absolute atomic E-state index is 0.142. The van der Waals surface area contributed by atoms with Crippen LogP contribution in [0.1, 0.15) is 28.5 Å². The number of carbonyl (C=O) groups excluding carboxylic acids is 3. The molecule has 152 valence electrons. The lowest BCUT2D eigenvalue weighted by Gasteiger charge is -2.04. The van der Waals surface area contributed by atoms with Crippen LogP contribution >= 0.6 is 11.6 Å². The molecular formula is C21H22ClN3O4. The number of halogens is 1. The zero-order chi connectivity index (χ0) is 21.6. The molecule has 0 unspecified atom stereocenters. The number of rotatable bonds is 6. The highest BCUT2D eigenvalue weighted by Gasteiger charge is 2.20. The number of hydrogen-bond acceptors (Lipinski definition) is 4. The average Bonchev–Trinajstić information content (AvgIpc) is 2.92. The number of aliphatic hydroxyl groups excluding tert-OH is 1. The highest BCUT2D eigenvalue weighted by molar-refractivity contribution is 6.31. The number of carbonyl (C=O) groups is 3. The Bertz CT molecular complexity index is 1050. The van der Waals surface area contributed by atoms with E-state index >= 15 is 0 Å². The van der Waals surface area contributed by atoms with Crippen LogP contribution in [0, 0.1) is 6.92 Å². The van der Waals surface area contributed by atoms with Crippen molar-refractivity contribution in [3.63, 3.8) is 0 Å². The SMILES string of the molecule is C\C=C/C(Cl)=C\C=C\C(=O)n1c(C)c(CC(=O)NC(N)=O)c2cc(CO)ccc21. The molecule has 7 nitrogen and oxygen atoms in total. The molecular weight excluding hydrogens is 394 g/mol. The number of amides is 3. The molecule has 0 atom stereocenters. The molecule has 0 spiro atoms. The fourth-order valence-electron chi connectivity index (χ4n) is 2.99. The summed E-state index contributed by atoms with van der Waals surface area (Å²) in [5.74, 6) is -0.912. The second kappa shape index (κ2) is 9.86. The Morgan fingerprint density at radius 3 is 2.62 bits per heavy atom. The lowest BCUT2D eigenvalue weighted by molar-refractivity contribution is -0.119. The van der Waals surface area contributed by atoms with Gasteiger partial charge in [-0.05, 0) is 49.3 Å². The van der Waals surface area contributed by atoms with E-state index in [4.69, 9.17) is 17.3 Å². The monoisotopic (exact) mass is 415 g/mol. The highest BCUT2D eigenvalue weighted by atomic mass is 35.5. The van der Waals surface area contributed by atoms with Crippen LogP contribution in [0.2, 0.25) is 0 Å². The van der Waals surface area contributed by atoms with Gasteiger partial charge in [-0.3, -0.25) is 19.5 Å². The fourth-order valence-corrected chi connectivity index (χ4v) is 3.19. The summed E-state index contributed by atoms with van der Waals surface area (Å²) in [7, 11) is 0. The molecule has 3 amide bonds. The van der Waals surface area contributed by atoms with Crippen LogP contribution in [-0.2, 0) is 17.8 Å². The van der Waals surface area contributed by atoms with Crippen molar-refractivity contribution in [2.24, 2.45) is 5.73 Å². The van der Waals surface area contributed by atoms with Gasteiger partial charge in [0.25, 0.3) is 5.91 Å². The summed E-state index contributed by atoms with van der Waals surface area (Å²) in [6, 6.07) is 4.17. The van der Waals surface area contributed by atoms with Crippen molar-refractivity contribution in [1.82, 2.24) is 9.88 Å². The number of hydrogen-bond donors (Lipinski definition) is 3. The fraction of sp³-hybridized carbons (Fsp3) is 0.190. The Labute approximate surface area is 173 Å². The van der Waals surface area contributed by atoms with Gasteiger partial charge in [-0.2, -0.15) is 0 Å². The number of benzene rings is 1. The maximum atomic E-state index is 12.8. The molecule has 0 fully saturated rings. The van der Waals surface area contributed by atoms with Crippen LogP contribution < -0.4 is 11.1 Å². The minimum atomic E-state index is -0.948. The lowest BCUT2D eigenvalue weighted by atomic mass is 10.1. The summed E-state index contributed by atoms with van der Waals surface area (Å²) < 4.78 is 1.47. The van der Waals surface area contributed by atoms with Crippen LogP contribution in [0.15, 0.2) is 53.6 Å². The second-order valence-corrected chi connectivity index (χ2v) is 6.68. The van der Waals surface area contributed by atoms with E-state index in [-0.39, 0.29) is 18.9 Å². The van der Waals surface area contributed by atoms with E-state index in [9.17, 15) is 19.5 Å². The van der Waals surface area contributed by atoms with E-state index < -0.39 is 11.9 Å². The van der Waals surface area contributed by atoms with Crippen LogP contribution in [0.4, 0.5) is 4.79 Å². The standard InChI is InChI=1S/C21H22ClN3O4/c1-3-5-15(22)6-4-7-20(28)25-13(2)16(11-19(27)24-21(23)29)17-10-14(12-26)8-9-18(17)25/h3-10,26H,11-12H2,1-2H3,(H3,23,24,27,29)/b5-3-,7-4+,15-6+. The van der Waals surface area contributed by atoms with Crippen LogP contribution in [-0.4, -0.2) is 27.5 Å². The molecule has 29 heavy (non-hydrogen) atoms. The van der Waals surface area contributed by atoms with Gasteiger partial charge in [-0.1, -0.05) is 29.8 Å². The number of nitrogens with one attached hydrogen (secondary N) is 1. The zero-order valence-corrected chi connectivity index (χ0v) is 16.9. The number of primary amides is 1. The first-order valence-electron chi connectivity index (χ1n) is 8.82. The molecule has 0 aliphatic heterocycles. The predicted octanol–water partition coefficient (Wildman–Crippen LogP) is 3.07. The third kappa shape index (κ3) is 5.43. The lowest BCUT2D eigenvalue weighted by Crippen LogP contribution is -2.36. The molecule has 1 aromatic carbocycles. The number of nitrogens with two attached hydrogens (primary N) is 1. The van der Waals surface area contributed by atoms with Crippen LogP contribution in [0.25, 0.3) is 10.9 Å². The van der Waals surface area contributed by atoms with E-state index in [0.29, 0.717) is 32.8 Å². The zero-order valence-electron chi connectivity index (χ0n) is 16.1. The van der Waals surface area contributed by atoms with Gasteiger partial charge in [0.2, 0.25) is 5.91 Å². The summed E-state index contributed by atoms with van der Waals surface area (Å²) in [6.07, 6.45) is 7.82. The number of fused-ring (bicyclic) bond motifs is 1. The number of aliphatic hydroxyl groups is 1. The quantitative estimate of drug-likeness (QED) is 0.496. The maximum Gasteiger partial charge on any atom is 0.318 e. The van der Waals surface area contributed by atoms with Gasteiger partial charge >= 0.3 is 6.03 Å². The Balaban J connectivity index is 2.52. The van der Waals surface area contributed by atoms with Crippen molar-refractivity contribution >= 4 is 40.3 Å². The molecule has 4 N–H and O–H groups in total. The van der Waals surface area contributed by atoms with E-state index in [1.807, 2.05) is 12.2 Å². The van der Waals surface area contributed by atoms with E-state index in [1.54, 1.807) is 43.4 Å². The average molecular weight is 416 g/mol. The molecule has 0 radical (unpaired) electrons. The molecule has 0 saturated heterocycles. The number of imide groups is 1. The molecule has 8 heteroatoms. The minimum Gasteiger partial charge on any atom is -0.392 e. The smallest absolute Gasteiger partial charge is 0.318 e. The van der Waals surface area contributed by atoms with Crippen molar-refractivity contribution in [2.45, 2.75) is 26.9 Å². The van der Waals surface area contributed by atoms with Gasteiger partial charge in [-0.25, -0.2) is 4.79 Å². The van der Waals surface area contributed by atoms with E-state index in [0.717, 1.165) is 0 Å². The first-order valence-corrected chi connectivity index (χ1v) is 9.20. The largest absolute Gasteiger partial charge is 0.392 e. The van der Waals surface area contributed by atoms with Crippen molar-refractivity contribution < 1.29 is 19.5 Å². The Hall–Kier alpha value is -3.16. The highest BCUT2D eigenvalue weighted by Crippen LogP contribution is 2.28. The maximum absolute atomic E-state index is 12.8. The van der Waals surface area contributed by atoms with Gasteiger partial charge in [0, 0.05) is 22.2 Å². The molecule has 1 aromatic heterocycles. The Morgan fingerprint density at radius 1 is 1.28 bits per heavy atom. The van der Waals surface area contributed by atoms with Crippen LogP contribution in [0.3, 0.4) is 0 Å². The van der Waals surface area contributed by atoms with E-state index in [2.05, 4.69) is 0 Å². The third-order valence-corrected chi connectivity index (χ3v) is 4.47. The first kappa shape index (κ1) is 22.1. The van der Waals surface area contributed by atoms with Gasteiger partial charge in [0.1, 0.15) is 0 Å². The summed E-state index contributed by atoms with van der Waals surface area (Å²) >= 11 is 5.97. The van der Waals surface area contributed by atoms with Gasteiger partial charge in [0.05, 0.1) is 18.5 Å². The molecule has 1 heterocycles. The number of urea groups is 1. The summed E-state index contributed by atoms with van der Waals surface area (Å²) in [5, 5.41) is 12.6. The van der Waals surface area contributed by atoms with Gasteiger partial charge in [-0.15, -0.1) is 0 Å². The summed E-state index contributed by atoms with van der Waals surface area (Å²) in [4.78, 5) is 35.8. The van der Waals surface area contributed by atoms with Gasteiger partial charge in [0.15, 0.2) is 0 Å². The summed E-state index contributed by atoms with van der Waals surface area (Å²) in [5.41, 5.74) is 7.34. The van der Waals surface area contributed by atoms with Crippen molar-refractivity contribution in [2.75, 3.05) is 0 Å². The normalized spacial score (nSPS) is 12.2. The van der Waals surface area contributed by atoms with E-state index in [1.165, 1.54) is 16.7 Å². The topological polar surface area (TPSA) is 114 Å². The number of allylic oxidation sites excluding steroid dienone is 6. The van der Waals surface area contributed by atoms with Gasteiger partial charge < -0.3 is 10.8 Å². The Morgan fingerprint density at radius 2 is 2.00 bits per heavy atom. The van der Waals surface area contributed by atoms with Crippen molar-refractivity contribution in [3.8, 4) is 0 Å². The molecule has 0 aliphatic rings. The van der Waals surface area contributed by atoms with Crippen molar-refractivity contribution in [1.29, 1.82) is 0 Å². The summed E-state index contributed by atoms with van der Waals surface area (Å²) in [6.45, 7) is 3.35. The number of nitrogens with zero attached hydrogens (tertiary/aromatic N) is 1. The third-order valence-electron chi connectivity index (χ3n) is 4.22. The second-order valence-electron chi connectivity index (χ2n) is 6.25. The Kier molecular flexibility index (Phi) is 7.52. The van der Waals surface area contributed by atoms with Crippen LogP contribution in [0.5, 0.6) is 0 Å². The molecule has 2 aromatic rings. The molecule has 0 saturated carbocycles. The molecule has 0 bridgehead atoms. The first-order chi connectivity index (χ1) is 13.8.